The van der Waals surface area contributed by atoms with E-state index in [1.807, 2.05) is 6.92 Å². The molecule has 2 aliphatic heterocycles. The van der Waals surface area contributed by atoms with E-state index in [2.05, 4.69) is 17.6 Å². The predicted molar refractivity (Wildman–Crippen MR) is 87.1 cm³/mol. The highest BCUT2D eigenvalue weighted by atomic mass is 32.2. The molecule has 2 fully saturated rings. The summed E-state index contributed by atoms with van der Waals surface area (Å²) in [7, 11) is -3.31. The fraction of sp³-hybridized carbons (Fsp3) is 0.933. The quantitative estimate of drug-likeness (QED) is 0.756. The number of sulfonamides is 1. The van der Waals surface area contributed by atoms with Gasteiger partial charge in [0.1, 0.15) is 6.04 Å². The van der Waals surface area contributed by atoms with Gasteiger partial charge in [-0.25, -0.2) is 8.42 Å². The first-order valence-corrected chi connectivity index (χ1v) is 10.1. The van der Waals surface area contributed by atoms with Crippen LogP contribution in [0.1, 0.15) is 52.4 Å². The number of amides is 1. The van der Waals surface area contributed by atoms with Gasteiger partial charge in [-0.2, -0.15) is 4.31 Å². The largest absolute Gasteiger partial charge is 0.352 e. The van der Waals surface area contributed by atoms with Gasteiger partial charge in [-0.1, -0.05) is 13.3 Å². The first-order chi connectivity index (χ1) is 10.4. The number of carbonyl (C=O) groups excluding carboxylic acids is 1. The predicted octanol–water partition coefficient (Wildman–Crippen LogP) is 0.837. The zero-order valence-corrected chi connectivity index (χ0v) is 14.5. The minimum Gasteiger partial charge on any atom is -0.352 e. The van der Waals surface area contributed by atoms with Crippen molar-refractivity contribution in [3.8, 4) is 0 Å². The Balaban J connectivity index is 1.96. The highest BCUT2D eigenvalue weighted by Gasteiger charge is 2.38. The van der Waals surface area contributed by atoms with Crippen LogP contribution in [-0.4, -0.2) is 55.6 Å². The molecule has 2 rings (SSSR count). The highest BCUT2D eigenvalue weighted by molar-refractivity contribution is 7.89. The van der Waals surface area contributed by atoms with Crippen LogP contribution in [0.25, 0.3) is 0 Å². The van der Waals surface area contributed by atoms with Crippen molar-refractivity contribution in [1.29, 1.82) is 0 Å². The third kappa shape index (κ3) is 4.43. The van der Waals surface area contributed by atoms with Gasteiger partial charge in [-0.05, 0) is 45.6 Å². The van der Waals surface area contributed by atoms with Gasteiger partial charge in [0, 0.05) is 18.6 Å². The third-order valence-electron chi connectivity index (χ3n) is 4.59. The summed E-state index contributed by atoms with van der Waals surface area (Å²) in [5, 5.41) is 6.42. The Morgan fingerprint density at radius 1 is 1.36 bits per heavy atom. The molecular formula is C15H29N3O3S. The third-order valence-corrected chi connectivity index (χ3v) is 6.55. The zero-order chi connectivity index (χ0) is 16.2. The molecule has 0 aliphatic carbocycles. The molecule has 2 aliphatic rings. The van der Waals surface area contributed by atoms with Gasteiger partial charge >= 0.3 is 0 Å². The molecule has 3 atom stereocenters. The van der Waals surface area contributed by atoms with Crippen LogP contribution in [0, 0.1) is 0 Å². The van der Waals surface area contributed by atoms with Crippen molar-refractivity contribution < 1.29 is 13.2 Å². The van der Waals surface area contributed by atoms with Crippen molar-refractivity contribution >= 4 is 15.9 Å². The molecule has 0 aromatic carbocycles. The Morgan fingerprint density at radius 2 is 2.14 bits per heavy atom. The number of rotatable bonds is 6. The van der Waals surface area contributed by atoms with E-state index in [4.69, 9.17) is 0 Å². The minimum absolute atomic E-state index is 0.114. The van der Waals surface area contributed by atoms with Crippen molar-refractivity contribution in [2.24, 2.45) is 0 Å². The van der Waals surface area contributed by atoms with E-state index < -0.39 is 16.1 Å². The van der Waals surface area contributed by atoms with E-state index >= 15 is 0 Å². The standard InChI is InChI=1S/C15H29N3O3S/c1-3-4-10-22(20,21)18-9-5-6-14(18)15(19)17-13-7-8-16-12(2)11-13/h12-14,16H,3-11H2,1-2H3,(H,17,19). The molecule has 1 amide bonds. The number of unbranched alkanes of at least 4 members (excludes halogenated alkanes) is 1. The summed E-state index contributed by atoms with van der Waals surface area (Å²) in [5.41, 5.74) is 0. The second-order valence-corrected chi connectivity index (χ2v) is 8.56. The first kappa shape index (κ1) is 17.7. The average Bonchev–Trinajstić information content (AvgIpc) is 2.95. The monoisotopic (exact) mass is 331 g/mol. The smallest absolute Gasteiger partial charge is 0.238 e. The van der Waals surface area contributed by atoms with Gasteiger partial charge in [0.25, 0.3) is 0 Å². The van der Waals surface area contributed by atoms with E-state index in [1.165, 1.54) is 4.31 Å². The van der Waals surface area contributed by atoms with Gasteiger partial charge in [0.15, 0.2) is 0 Å². The molecule has 0 radical (unpaired) electrons. The van der Waals surface area contributed by atoms with Crippen LogP contribution >= 0.6 is 0 Å². The second kappa shape index (κ2) is 7.75. The lowest BCUT2D eigenvalue weighted by Gasteiger charge is -2.31. The molecule has 7 heteroatoms. The molecule has 6 nitrogen and oxygen atoms in total. The summed E-state index contributed by atoms with van der Waals surface area (Å²) in [4.78, 5) is 12.5. The molecule has 0 bridgehead atoms. The van der Waals surface area contributed by atoms with E-state index in [9.17, 15) is 13.2 Å². The molecular weight excluding hydrogens is 302 g/mol. The van der Waals surface area contributed by atoms with Crippen LogP contribution in [0.15, 0.2) is 0 Å². The summed E-state index contributed by atoms with van der Waals surface area (Å²) in [6.07, 6.45) is 4.71. The van der Waals surface area contributed by atoms with E-state index in [0.717, 1.165) is 32.2 Å². The SMILES string of the molecule is CCCCS(=O)(=O)N1CCCC1C(=O)NC1CCNC(C)C1. The van der Waals surface area contributed by atoms with Crippen LogP contribution in [-0.2, 0) is 14.8 Å². The van der Waals surface area contributed by atoms with Crippen molar-refractivity contribution in [2.75, 3.05) is 18.8 Å². The van der Waals surface area contributed by atoms with Crippen molar-refractivity contribution in [3.63, 3.8) is 0 Å². The summed E-state index contributed by atoms with van der Waals surface area (Å²) in [5.74, 6) is 0.0363. The Hall–Kier alpha value is -0.660. The summed E-state index contributed by atoms with van der Waals surface area (Å²) >= 11 is 0. The number of nitrogens with zero attached hydrogens (tertiary/aromatic N) is 1. The number of hydrogen-bond donors (Lipinski definition) is 2. The number of carbonyl (C=O) groups is 1. The molecule has 2 N–H and O–H groups in total. The van der Waals surface area contributed by atoms with Crippen LogP contribution in [0.3, 0.4) is 0 Å². The lowest BCUT2D eigenvalue weighted by atomic mass is 10.0. The molecule has 128 valence electrons. The number of nitrogens with one attached hydrogen (secondary N) is 2. The van der Waals surface area contributed by atoms with Gasteiger partial charge in [0.2, 0.25) is 15.9 Å². The lowest BCUT2D eigenvalue weighted by molar-refractivity contribution is -0.125. The molecule has 0 spiro atoms. The Bertz CT molecular complexity index is 480. The van der Waals surface area contributed by atoms with Crippen molar-refractivity contribution in [1.82, 2.24) is 14.9 Å². The normalized spacial score (nSPS) is 30.4. The molecule has 3 unspecified atom stereocenters. The zero-order valence-electron chi connectivity index (χ0n) is 13.7. The van der Waals surface area contributed by atoms with Gasteiger partial charge in [-0.15, -0.1) is 0 Å². The fourth-order valence-electron chi connectivity index (χ4n) is 3.34. The molecule has 0 aromatic heterocycles. The van der Waals surface area contributed by atoms with E-state index in [-0.39, 0.29) is 17.7 Å². The fourth-order valence-corrected chi connectivity index (χ4v) is 5.22. The second-order valence-electron chi connectivity index (χ2n) is 6.52. The van der Waals surface area contributed by atoms with Gasteiger partial charge in [0.05, 0.1) is 5.75 Å². The molecule has 2 heterocycles. The minimum atomic E-state index is -3.31. The molecule has 0 aromatic rings. The van der Waals surface area contributed by atoms with E-state index in [1.54, 1.807) is 0 Å². The highest BCUT2D eigenvalue weighted by Crippen LogP contribution is 2.23. The maximum Gasteiger partial charge on any atom is 0.238 e. The van der Waals surface area contributed by atoms with Crippen molar-refractivity contribution in [3.05, 3.63) is 0 Å². The lowest BCUT2D eigenvalue weighted by Crippen LogP contribution is -2.52. The number of piperidine rings is 1. The van der Waals surface area contributed by atoms with Gasteiger partial charge in [-0.3, -0.25) is 4.79 Å². The Kier molecular flexibility index (Phi) is 6.23. The van der Waals surface area contributed by atoms with Crippen molar-refractivity contribution in [2.45, 2.75) is 70.5 Å². The maximum absolute atomic E-state index is 12.5. The molecule has 22 heavy (non-hydrogen) atoms. The van der Waals surface area contributed by atoms with E-state index in [0.29, 0.717) is 25.4 Å². The van der Waals surface area contributed by atoms with Crippen LogP contribution in [0.4, 0.5) is 0 Å². The maximum atomic E-state index is 12.5. The topological polar surface area (TPSA) is 78.5 Å². The molecule has 0 saturated carbocycles. The van der Waals surface area contributed by atoms with Crippen LogP contribution in [0.5, 0.6) is 0 Å². The summed E-state index contributed by atoms with van der Waals surface area (Å²) < 4.78 is 26.2. The Morgan fingerprint density at radius 3 is 2.82 bits per heavy atom. The number of hydrogen-bond acceptors (Lipinski definition) is 4. The summed E-state index contributed by atoms with van der Waals surface area (Å²) in [6, 6.07) is 0.0450. The van der Waals surface area contributed by atoms with Gasteiger partial charge < -0.3 is 10.6 Å². The Labute approximate surface area is 134 Å². The first-order valence-electron chi connectivity index (χ1n) is 8.47. The van der Waals surface area contributed by atoms with Crippen LogP contribution < -0.4 is 10.6 Å². The van der Waals surface area contributed by atoms with Crippen LogP contribution in [0.2, 0.25) is 0 Å². The average molecular weight is 331 g/mol. The molecule has 2 saturated heterocycles. The summed E-state index contributed by atoms with van der Waals surface area (Å²) in [6.45, 7) is 5.46.